The van der Waals surface area contributed by atoms with Crippen molar-refractivity contribution in [3.05, 3.63) is 60.4 Å². The molecular formula is C12H9Br2FMg. The first-order chi connectivity index (χ1) is 6.36. The molecule has 0 saturated heterocycles. The van der Waals surface area contributed by atoms with Crippen LogP contribution in [0.5, 0.6) is 0 Å². The minimum atomic E-state index is -0.195. The van der Waals surface area contributed by atoms with Crippen LogP contribution >= 0.6 is 0 Å². The van der Waals surface area contributed by atoms with E-state index < -0.39 is 0 Å². The van der Waals surface area contributed by atoms with Crippen molar-refractivity contribution in [1.82, 2.24) is 0 Å². The topological polar surface area (TPSA) is 0 Å². The summed E-state index contributed by atoms with van der Waals surface area (Å²) in [6.07, 6.45) is 0. The zero-order valence-corrected chi connectivity index (χ0v) is 13.1. The first kappa shape index (κ1) is 18.5. The van der Waals surface area contributed by atoms with Gasteiger partial charge in [0.25, 0.3) is 0 Å². The molecular weight excluding hydrogens is 347 g/mol. The minimum Gasteiger partial charge on any atom is -1.00 e. The van der Waals surface area contributed by atoms with Crippen LogP contribution in [0.15, 0.2) is 54.6 Å². The van der Waals surface area contributed by atoms with Gasteiger partial charge in [0.2, 0.25) is 0 Å². The summed E-state index contributed by atoms with van der Waals surface area (Å²) in [5, 5.41) is 0. The summed E-state index contributed by atoms with van der Waals surface area (Å²) in [4.78, 5) is 0. The SMILES string of the molecule is Fc1ccc(-c2ccccc2)cc1.[Br-].[Br-].[Mg+2]. The summed E-state index contributed by atoms with van der Waals surface area (Å²) in [6.45, 7) is 0. The summed E-state index contributed by atoms with van der Waals surface area (Å²) >= 11 is 0. The predicted molar refractivity (Wildman–Crippen MR) is 57.6 cm³/mol. The Bertz CT molecular complexity index is 390. The van der Waals surface area contributed by atoms with Gasteiger partial charge in [-0.15, -0.1) is 0 Å². The Balaban J connectivity index is 0. The molecule has 0 unspecified atom stereocenters. The predicted octanol–water partition coefficient (Wildman–Crippen LogP) is -2.88. The van der Waals surface area contributed by atoms with Crippen molar-refractivity contribution in [3.8, 4) is 11.1 Å². The third-order valence-corrected chi connectivity index (χ3v) is 1.95. The Morgan fingerprint density at radius 1 is 0.625 bits per heavy atom. The maximum absolute atomic E-state index is 12.6. The number of halogens is 3. The Labute approximate surface area is 132 Å². The van der Waals surface area contributed by atoms with Crippen LogP contribution in [-0.2, 0) is 0 Å². The van der Waals surface area contributed by atoms with Crippen LogP contribution in [0.2, 0.25) is 0 Å². The van der Waals surface area contributed by atoms with E-state index in [-0.39, 0.29) is 62.8 Å². The fourth-order valence-corrected chi connectivity index (χ4v) is 1.27. The van der Waals surface area contributed by atoms with Gasteiger partial charge in [0.05, 0.1) is 0 Å². The van der Waals surface area contributed by atoms with E-state index in [2.05, 4.69) is 0 Å². The molecule has 0 aliphatic heterocycles. The van der Waals surface area contributed by atoms with E-state index in [4.69, 9.17) is 0 Å². The maximum Gasteiger partial charge on any atom is 2.00 e. The van der Waals surface area contributed by atoms with Crippen LogP contribution in [-0.4, -0.2) is 23.1 Å². The molecule has 0 fully saturated rings. The van der Waals surface area contributed by atoms with E-state index in [1.54, 1.807) is 12.1 Å². The van der Waals surface area contributed by atoms with Gasteiger partial charge in [-0.05, 0) is 23.3 Å². The van der Waals surface area contributed by atoms with E-state index in [1.165, 1.54) is 12.1 Å². The van der Waals surface area contributed by atoms with E-state index in [0.717, 1.165) is 11.1 Å². The number of rotatable bonds is 1. The third kappa shape index (κ3) is 4.95. The molecule has 0 saturated carbocycles. The first-order valence-corrected chi connectivity index (χ1v) is 4.17. The molecule has 16 heavy (non-hydrogen) atoms. The molecule has 0 aromatic heterocycles. The van der Waals surface area contributed by atoms with Crippen molar-refractivity contribution in [1.29, 1.82) is 0 Å². The van der Waals surface area contributed by atoms with Gasteiger partial charge < -0.3 is 34.0 Å². The van der Waals surface area contributed by atoms with Crippen LogP contribution in [0.25, 0.3) is 11.1 Å². The maximum atomic E-state index is 12.6. The fourth-order valence-electron chi connectivity index (χ4n) is 1.27. The average Bonchev–Trinajstić information content (AvgIpc) is 2.20. The second kappa shape index (κ2) is 9.16. The first-order valence-electron chi connectivity index (χ1n) is 4.17. The van der Waals surface area contributed by atoms with Crippen molar-refractivity contribution >= 4 is 23.1 Å². The Morgan fingerprint density at radius 3 is 1.56 bits per heavy atom. The largest absolute Gasteiger partial charge is 2.00 e. The molecule has 0 heterocycles. The van der Waals surface area contributed by atoms with Crippen molar-refractivity contribution < 1.29 is 38.4 Å². The van der Waals surface area contributed by atoms with Crippen molar-refractivity contribution in [2.24, 2.45) is 0 Å². The van der Waals surface area contributed by atoms with Gasteiger partial charge in [-0.25, -0.2) is 4.39 Å². The summed E-state index contributed by atoms with van der Waals surface area (Å²) in [7, 11) is 0. The number of benzene rings is 2. The normalized spacial score (nSPS) is 8.06. The van der Waals surface area contributed by atoms with Crippen LogP contribution < -0.4 is 34.0 Å². The molecule has 0 amide bonds. The molecule has 2 aromatic rings. The second-order valence-corrected chi connectivity index (χ2v) is 2.87. The van der Waals surface area contributed by atoms with Gasteiger partial charge >= 0.3 is 23.1 Å². The summed E-state index contributed by atoms with van der Waals surface area (Å²) in [5.74, 6) is -0.195. The van der Waals surface area contributed by atoms with Crippen LogP contribution in [0.4, 0.5) is 4.39 Å². The molecule has 0 spiro atoms. The smallest absolute Gasteiger partial charge is 1.00 e. The van der Waals surface area contributed by atoms with Gasteiger partial charge in [-0.3, -0.25) is 0 Å². The molecule has 0 bridgehead atoms. The van der Waals surface area contributed by atoms with Crippen molar-refractivity contribution in [2.45, 2.75) is 0 Å². The van der Waals surface area contributed by atoms with E-state index >= 15 is 0 Å². The van der Waals surface area contributed by atoms with E-state index in [1.807, 2.05) is 30.3 Å². The third-order valence-electron chi connectivity index (χ3n) is 1.95. The zero-order chi connectivity index (χ0) is 9.10. The standard InChI is InChI=1S/C12H9F.2BrH.Mg/c13-12-8-6-11(7-9-12)10-4-2-1-3-5-10;;;/h1-9H;2*1H;/q;;;+2/p-2. The average molecular weight is 356 g/mol. The molecule has 0 radical (unpaired) electrons. The van der Waals surface area contributed by atoms with Crippen LogP contribution in [0, 0.1) is 5.82 Å². The summed E-state index contributed by atoms with van der Waals surface area (Å²) in [6, 6.07) is 16.4. The number of hydrogen-bond acceptors (Lipinski definition) is 0. The van der Waals surface area contributed by atoms with Crippen molar-refractivity contribution in [3.63, 3.8) is 0 Å². The van der Waals surface area contributed by atoms with Gasteiger partial charge in [0.1, 0.15) is 5.82 Å². The van der Waals surface area contributed by atoms with Crippen LogP contribution in [0.1, 0.15) is 0 Å². The van der Waals surface area contributed by atoms with Gasteiger partial charge in [-0.2, -0.15) is 0 Å². The second-order valence-electron chi connectivity index (χ2n) is 2.87. The summed E-state index contributed by atoms with van der Waals surface area (Å²) in [5.41, 5.74) is 2.16. The van der Waals surface area contributed by atoms with E-state index in [0.29, 0.717) is 0 Å². The minimum absolute atomic E-state index is 0. The summed E-state index contributed by atoms with van der Waals surface area (Å²) < 4.78 is 12.6. The molecule has 0 N–H and O–H groups in total. The molecule has 0 aliphatic rings. The fraction of sp³-hybridized carbons (Fsp3) is 0. The molecule has 80 valence electrons. The van der Waals surface area contributed by atoms with E-state index in [9.17, 15) is 4.39 Å². The molecule has 0 nitrogen and oxygen atoms in total. The van der Waals surface area contributed by atoms with Crippen molar-refractivity contribution in [2.75, 3.05) is 0 Å². The Hall–Kier alpha value is 0.0962. The Kier molecular flexibility index (Phi) is 10.6. The quantitative estimate of drug-likeness (QED) is 0.482. The molecule has 4 heteroatoms. The van der Waals surface area contributed by atoms with Crippen LogP contribution in [0.3, 0.4) is 0 Å². The van der Waals surface area contributed by atoms with Gasteiger partial charge in [0.15, 0.2) is 0 Å². The molecule has 0 atom stereocenters. The van der Waals surface area contributed by atoms with Gasteiger partial charge in [-0.1, -0.05) is 42.5 Å². The molecule has 0 aliphatic carbocycles. The molecule has 2 rings (SSSR count). The zero-order valence-electron chi connectivity index (χ0n) is 8.54. The monoisotopic (exact) mass is 354 g/mol. The Morgan fingerprint density at radius 2 is 1.06 bits per heavy atom. The van der Waals surface area contributed by atoms with Gasteiger partial charge in [0, 0.05) is 0 Å². The number of hydrogen-bond donors (Lipinski definition) is 0. The molecule has 2 aromatic carbocycles.